The Kier molecular flexibility index (Phi) is 4.47. The van der Waals surface area contributed by atoms with E-state index in [0.29, 0.717) is 0 Å². The lowest BCUT2D eigenvalue weighted by molar-refractivity contribution is 0.551. The van der Waals surface area contributed by atoms with Crippen LogP contribution in [0.3, 0.4) is 0 Å². The minimum Gasteiger partial charge on any atom is -0.271 e. The summed E-state index contributed by atoms with van der Waals surface area (Å²) >= 11 is 3.55. The molecule has 0 saturated carbocycles. The van der Waals surface area contributed by atoms with Crippen LogP contribution in [-0.2, 0) is 6.42 Å². The predicted octanol–water partition coefficient (Wildman–Crippen LogP) is 2.90. The van der Waals surface area contributed by atoms with Crippen LogP contribution in [0.25, 0.3) is 0 Å². The van der Waals surface area contributed by atoms with Crippen molar-refractivity contribution in [3.8, 4) is 0 Å². The van der Waals surface area contributed by atoms with Gasteiger partial charge in [0, 0.05) is 16.9 Å². The molecule has 0 bridgehead atoms. The maximum atomic E-state index is 5.66. The maximum Gasteiger partial charge on any atom is 0.0500 e. The van der Waals surface area contributed by atoms with Crippen molar-refractivity contribution in [2.75, 3.05) is 0 Å². The fourth-order valence-corrected chi connectivity index (χ4v) is 2.25. The van der Waals surface area contributed by atoms with Crippen LogP contribution in [0.2, 0.25) is 0 Å². The number of aromatic nitrogens is 1. The van der Waals surface area contributed by atoms with Gasteiger partial charge in [-0.15, -0.1) is 0 Å². The predicted molar refractivity (Wildman–Crippen MR) is 76.9 cm³/mol. The molecule has 1 atom stereocenters. The molecule has 1 unspecified atom stereocenters. The highest BCUT2D eigenvalue weighted by Crippen LogP contribution is 2.23. The summed E-state index contributed by atoms with van der Waals surface area (Å²) in [7, 11) is 0. The summed E-state index contributed by atoms with van der Waals surface area (Å²) in [6.45, 7) is 2.07. The van der Waals surface area contributed by atoms with E-state index in [2.05, 4.69) is 51.5 Å². The van der Waals surface area contributed by atoms with Crippen LogP contribution in [-0.4, -0.2) is 4.98 Å². The van der Waals surface area contributed by atoms with E-state index in [0.717, 1.165) is 10.9 Å². The molecule has 0 amide bonds. The summed E-state index contributed by atoms with van der Waals surface area (Å²) in [5, 5.41) is 0. The number of hydrogen-bond donors (Lipinski definition) is 2. The molecule has 0 fully saturated rings. The molecule has 0 aliphatic carbocycles. The van der Waals surface area contributed by atoms with Crippen molar-refractivity contribution in [3.05, 3.63) is 63.9 Å². The van der Waals surface area contributed by atoms with Crippen molar-refractivity contribution in [1.29, 1.82) is 0 Å². The molecule has 0 aliphatic rings. The second kappa shape index (κ2) is 6.09. The molecule has 18 heavy (non-hydrogen) atoms. The molecule has 0 aliphatic heterocycles. The Morgan fingerprint density at radius 3 is 2.61 bits per heavy atom. The molecule has 3 nitrogen and oxygen atoms in total. The molecule has 2 rings (SSSR count). The molecule has 94 valence electrons. The van der Waals surface area contributed by atoms with E-state index in [9.17, 15) is 0 Å². The van der Waals surface area contributed by atoms with Crippen LogP contribution in [0.15, 0.2) is 47.2 Å². The maximum absolute atomic E-state index is 5.66. The second-order valence-corrected chi connectivity index (χ2v) is 5.14. The molecule has 2 aromatic rings. The molecule has 1 heterocycles. The first-order valence-electron chi connectivity index (χ1n) is 5.82. The van der Waals surface area contributed by atoms with E-state index in [-0.39, 0.29) is 6.04 Å². The fourth-order valence-electron chi connectivity index (χ4n) is 1.85. The number of benzene rings is 1. The van der Waals surface area contributed by atoms with Crippen molar-refractivity contribution >= 4 is 15.9 Å². The normalized spacial score (nSPS) is 12.4. The number of hydrazine groups is 1. The lowest BCUT2D eigenvalue weighted by atomic mass is 9.99. The second-order valence-electron chi connectivity index (χ2n) is 4.29. The molecule has 1 aromatic carbocycles. The monoisotopic (exact) mass is 305 g/mol. The van der Waals surface area contributed by atoms with Crippen molar-refractivity contribution < 1.29 is 0 Å². The zero-order valence-electron chi connectivity index (χ0n) is 10.2. The standard InChI is InChI=1S/C14H16BrN3/c1-10-2-3-12(9-13(10)15)14(18-16)8-11-4-6-17-7-5-11/h2-7,9,14,18H,8,16H2,1H3. The van der Waals surface area contributed by atoms with Crippen LogP contribution in [0.5, 0.6) is 0 Å². The van der Waals surface area contributed by atoms with Gasteiger partial charge in [-0.25, -0.2) is 0 Å². The minimum absolute atomic E-state index is 0.101. The Balaban J connectivity index is 2.20. The molecule has 0 saturated heterocycles. The zero-order chi connectivity index (χ0) is 13.0. The molecular formula is C14H16BrN3. The van der Waals surface area contributed by atoms with Gasteiger partial charge in [0.1, 0.15) is 0 Å². The summed E-state index contributed by atoms with van der Waals surface area (Å²) < 4.78 is 1.11. The van der Waals surface area contributed by atoms with Gasteiger partial charge in [0.05, 0.1) is 6.04 Å². The molecule has 3 N–H and O–H groups in total. The number of rotatable bonds is 4. The van der Waals surface area contributed by atoms with E-state index in [1.807, 2.05) is 12.1 Å². The topological polar surface area (TPSA) is 50.9 Å². The van der Waals surface area contributed by atoms with Gasteiger partial charge in [0.2, 0.25) is 0 Å². The smallest absolute Gasteiger partial charge is 0.0500 e. The Morgan fingerprint density at radius 1 is 1.28 bits per heavy atom. The van der Waals surface area contributed by atoms with Gasteiger partial charge >= 0.3 is 0 Å². The zero-order valence-corrected chi connectivity index (χ0v) is 11.8. The van der Waals surface area contributed by atoms with Crippen LogP contribution in [0.4, 0.5) is 0 Å². The number of aryl methyl sites for hydroxylation is 1. The third-order valence-electron chi connectivity index (χ3n) is 2.99. The van der Waals surface area contributed by atoms with Gasteiger partial charge < -0.3 is 0 Å². The average molecular weight is 306 g/mol. The van der Waals surface area contributed by atoms with Gasteiger partial charge in [-0.3, -0.25) is 16.3 Å². The number of nitrogens with two attached hydrogens (primary N) is 1. The number of hydrogen-bond acceptors (Lipinski definition) is 3. The summed E-state index contributed by atoms with van der Waals surface area (Å²) in [5.74, 6) is 5.66. The summed E-state index contributed by atoms with van der Waals surface area (Å²) in [6.07, 6.45) is 4.44. The molecule has 1 aromatic heterocycles. The van der Waals surface area contributed by atoms with E-state index in [1.54, 1.807) is 12.4 Å². The van der Waals surface area contributed by atoms with Crippen molar-refractivity contribution in [1.82, 2.24) is 10.4 Å². The lowest BCUT2D eigenvalue weighted by Crippen LogP contribution is -2.29. The molecular weight excluding hydrogens is 290 g/mol. The summed E-state index contributed by atoms with van der Waals surface area (Å²) in [6, 6.07) is 10.4. The minimum atomic E-state index is 0.101. The van der Waals surface area contributed by atoms with Gasteiger partial charge in [-0.1, -0.05) is 28.1 Å². The van der Waals surface area contributed by atoms with E-state index < -0.39 is 0 Å². The Bertz CT molecular complexity index is 514. The third kappa shape index (κ3) is 3.16. The first-order chi connectivity index (χ1) is 8.70. The largest absolute Gasteiger partial charge is 0.271 e. The van der Waals surface area contributed by atoms with Gasteiger partial charge in [-0.05, 0) is 48.2 Å². The van der Waals surface area contributed by atoms with Gasteiger partial charge in [0.15, 0.2) is 0 Å². The van der Waals surface area contributed by atoms with Crippen molar-refractivity contribution in [2.45, 2.75) is 19.4 Å². The number of nitrogens with one attached hydrogen (secondary N) is 1. The van der Waals surface area contributed by atoms with Crippen LogP contribution in [0.1, 0.15) is 22.7 Å². The number of nitrogens with zero attached hydrogens (tertiary/aromatic N) is 1. The third-order valence-corrected chi connectivity index (χ3v) is 3.84. The molecule has 0 radical (unpaired) electrons. The average Bonchev–Trinajstić information content (AvgIpc) is 2.40. The SMILES string of the molecule is Cc1ccc(C(Cc2ccncc2)NN)cc1Br. The van der Waals surface area contributed by atoms with Crippen molar-refractivity contribution in [3.63, 3.8) is 0 Å². The molecule has 0 spiro atoms. The first kappa shape index (κ1) is 13.2. The van der Waals surface area contributed by atoms with Crippen LogP contribution in [0, 0.1) is 6.92 Å². The van der Waals surface area contributed by atoms with E-state index in [1.165, 1.54) is 16.7 Å². The fraction of sp³-hybridized carbons (Fsp3) is 0.214. The highest BCUT2D eigenvalue weighted by atomic mass is 79.9. The number of pyridine rings is 1. The van der Waals surface area contributed by atoms with Gasteiger partial charge in [-0.2, -0.15) is 0 Å². The Labute approximate surface area is 116 Å². The quantitative estimate of drug-likeness (QED) is 0.674. The van der Waals surface area contributed by atoms with E-state index >= 15 is 0 Å². The first-order valence-corrected chi connectivity index (χ1v) is 6.61. The summed E-state index contributed by atoms with van der Waals surface area (Å²) in [5.41, 5.74) is 6.48. The van der Waals surface area contributed by atoms with Gasteiger partial charge in [0.25, 0.3) is 0 Å². The van der Waals surface area contributed by atoms with Crippen LogP contribution >= 0.6 is 15.9 Å². The Morgan fingerprint density at radius 2 is 2.00 bits per heavy atom. The highest BCUT2D eigenvalue weighted by Gasteiger charge is 2.11. The highest BCUT2D eigenvalue weighted by molar-refractivity contribution is 9.10. The van der Waals surface area contributed by atoms with Crippen LogP contribution < -0.4 is 11.3 Å². The Hall–Kier alpha value is -1.23. The lowest BCUT2D eigenvalue weighted by Gasteiger charge is -2.17. The summed E-state index contributed by atoms with van der Waals surface area (Å²) in [4.78, 5) is 4.02. The van der Waals surface area contributed by atoms with E-state index in [4.69, 9.17) is 5.84 Å². The van der Waals surface area contributed by atoms with Crippen molar-refractivity contribution in [2.24, 2.45) is 5.84 Å². The molecule has 4 heteroatoms. The number of halogens is 1.